The van der Waals surface area contributed by atoms with Gasteiger partial charge in [-0.05, 0) is 6.42 Å². The van der Waals surface area contributed by atoms with Crippen LogP contribution < -0.4 is 11.1 Å². The SMILES string of the molecule is C=C(CCNC(N)=O)C(=O)O. The maximum absolute atomic E-state index is 10.1. The molecular weight excluding hydrogens is 148 g/mol. The van der Waals surface area contributed by atoms with Crippen molar-refractivity contribution in [2.45, 2.75) is 6.42 Å². The minimum absolute atomic E-state index is 0.0544. The van der Waals surface area contributed by atoms with Crippen molar-refractivity contribution >= 4 is 12.0 Å². The quantitative estimate of drug-likeness (QED) is 0.490. The monoisotopic (exact) mass is 158 g/mol. The van der Waals surface area contributed by atoms with E-state index >= 15 is 0 Å². The van der Waals surface area contributed by atoms with Gasteiger partial charge in [0.2, 0.25) is 0 Å². The second-order valence-electron chi connectivity index (χ2n) is 1.95. The molecule has 0 aliphatic carbocycles. The number of amides is 2. The van der Waals surface area contributed by atoms with Gasteiger partial charge in [-0.15, -0.1) is 0 Å². The molecule has 62 valence electrons. The summed E-state index contributed by atoms with van der Waals surface area (Å²) < 4.78 is 0. The number of carbonyl (C=O) groups is 2. The summed E-state index contributed by atoms with van der Waals surface area (Å²) >= 11 is 0. The van der Waals surface area contributed by atoms with E-state index in [-0.39, 0.29) is 18.5 Å². The molecular formula is C6H10N2O3. The second kappa shape index (κ2) is 4.32. The lowest BCUT2D eigenvalue weighted by Gasteiger charge is -2.00. The zero-order valence-corrected chi connectivity index (χ0v) is 5.96. The van der Waals surface area contributed by atoms with E-state index in [2.05, 4.69) is 11.9 Å². The Morgan fingerprint density at radius 1 is 1.55 bits per heavy atom. The van der Waals surface area contributed by atoms with E-state index in [1.165, 1.54) is 0 Å². The van der Waals surface area contributed by atoms with Crippen LogP contribution in [0, 0.1) is 0 Å². The summed E-state index contributed by atoms with van der Waals surface area (Å²) in [5, 5.41) is 10.5. The van der Waals surface area contributed by atoms with E-state index in [0.717, 1.165) is 0 Å². The van der Waals surface area contributed by atoms with Crippen LogP contribution in [0.4, 0.5) is 4.79 Å². The van der Waals surface area contributed by atoms with Crippen LogP contribution in [0.25, 0.3) is 0 Å². The van der Waals surface area contributed by atoms with E-state index in [1.54, 1.807) is 0 Å². The highest BCUT2D eigenvalue weighted by molar-refractivity contribution is 5.85. The lowest BCUT2D eigenvalue weighted by Crippen LogP contribution is -2.30. The molecule has 0 aromatic rings. The molecule has 5 nitrogen and oxygen atoms in total. The molecule has 0 fully saturated rings. The Balaban J connectivity index is 3.47. The summed E-state index contributed by atoms with van der Waals surface area (Å²) in [7, 11) is 0. The first kappa shape index (κ1) is 9.48. The average molecular weight is 158 g/mol. The number of nitrogens with two attached hydrogens (primary N) is 1. The van der Waals surface area contributed by atoms with Crippen molar-refractivity contribution in [3.8, 4) is 0 Å². The Morgan fingerprint density at radius 2 is 2.09 bits per heavy atom. The number of carbonyl (C=O) groups excluding carboxylic acids is 1. The van der Waals surface area contributed by atoms with E-state index in [9.17, 15) is 9.59 Å². The van der Waals surface area contributed by atoms with E-state index in [4.69, 9.17) is 10.8 Å². The predicted octanol–water partition coefficient (Wildman–Crippen LogP) is -0.314. The number of rotatable bonds is 4. The van der Waals surface area contributed by atoms with Crippen LogP contribution in [0.5, 0.6) is 0 Å². The molecule has 11 heavy (non-hydrogen) atoms. The number of primary amides is 1. The van der Waals surface area contributed by atoms with Crippen LogP contribution in [-0.4, -0.2) is 23.7 Å². The summed E-state index contributed by atoms with van der Waals surface area (Å²) in [6.45, 7) is 3.47. The number of aliphatic carboxylic acids is 1. The van der Waals surface area contributed by atoms with Gasteiger partial charge in [0, 0.05) is 12.1 Å². The van der Waals surface area contributed by atoms with Crippen molar-refractivity contribution in [1.82, 2.24) is 5.32 Å². The lowest BCUT2D eigenvalue weighted by molar-refractivity contribution is -0.132. The lowest BCUT2D eigenvalue weighted by atomic mass is 10.2. The highest BCUT2D eigenvalue weighted by Gasteiger charge is 2.02. The Kier molecular flexibility index (Phi) is 3.72. The van der Waals surface area contributed by atoms with Gasteiger partial charge in [-0.25, -0.2) is 9.59 Å². The molecule has 2 amide bonds. The van der Waals surface area contributed by atoms with Crippen molar-refractivity contribution < 1.29 is 14.7 Å². The molecule has 0 saturated heterocycles. The van der Waals surface area contributed by atoms with Gasteiger partial charge >= 0.3 is 12.0 Å². The van der Waals surface area contributed by atoms with Crippen LogP contribution in [0.3, 0.4) is 0 Å². The second-order valence-corrected chi connectivity index (χ2v) is 1.95. The fraction of sp³-hybridized carbons (Fsp3) is 0.333. The Labute approximate surface area is 63.9 Å². The largest absolute Gasteiger partial charge is 0.478 e. The fourth-order valence-corrected chi connectivity index (χ4v) is 0.444. The minimum Gasteiger partial charge on any atom is -0.478 e. The van der Waals surface area contributed by atoms with Gasteiger partial charge in [-0.2, -0.15) is 0 Å². The molecule has 0 aliphatic heterocycles. The van der Waals surface area contributed by atoms with Crippen LogP contribution in [0.2, 0.25) is 0 Å². The maximum atomic E-state index is 10.1. The van der Waals surface area contributed by atoms with Gasteiger partial charge in [-0.3, -0.25) is 0 Å². The van der Waals surface area contributed by atoms with Crippen LogP contribution in [0.1, 0.15) is 6.42 Å². The molecule has 0 unspecified atom stereocenters. The first-order chi connectivity index (χ1) is 5.04. The molecule has 0 aromatic carbocycles. The zero-order chi connectivity index (χ0) is 8.85. The molecule has 0 atom stereocenters. The van der Waals surface area contributed by atoms with Gasteiger partial charge in [0.15, 0.2) is 0 Å². The molecule has 4 N–H and O–H groups in total. The molecule has 0 radical (unpaired) electrons. The third kappa shape index (κ3) is 4.95. The first-order valence-electron chi connectivity index (χ1n) is 2.98. The number of nitrogens with one attached hydrogen (secondary N) is 1. The number of hydrogen-bond acceptors (Lipinski definition) is 2. The number of carboxylic acids is 1. The van der Waals surface area contributed by atoms with E-state index < -0.39 is 12.0 Å². The summed E-state index contributed by atoms with van der Waals surface area (Å²) in [6.07, 6.45) is 0.207. The van der Waals surface area contributed by atoms with Gasteiger partial charge in [0.05, 0.1) is 0 Å². The average Bonchev–Trinajstić information content (AvgIpc) is 1.86. The number of hydrogen-bond donors (Lipinski definition) is 3. The van der Waals surface area contributed by atoms with Crippen molar-refractivity contribution in [3.63, 3.8) is 0 Å². The Hall–Kier alpha value is -1.52. The Bertz CT molecular complexity index is 188. The van der Waals surface area contributed by atoms with Crippen molar-refractivity contribution in [2.24, 2.45) is 5.73 Å². The number of urea groups is 1. The van der Waals surface area contributed by atoms with Gasteiger partial charge < -0.3 is 16.2 Å². The van der Waals surface area contributed by atoms with Crippen LogP contribution in [0.15, 0.2) is 12.2 Å². The topological polar surface area (TPSA) is 92.4 Å². The third-order valence-corrected chi connectivity index (χ3v) is 1.03. The molecule has 5 heteroatoms. The predicted molar refractivity (Wildman–Crippen MR) is 39.0 cm³/mol. The Morgan fingerprint density at radius 3 is 2.45 bits per heavy atom. The highest BCUT2D eigenvalue weighted by atomic mass is 16.4. The van der Waals surface area contributed by atoms with Crippen molar-refractivity contribution in [1.29, 1.82) is 0 Å². The minimum atomic E-state index is -1.06. The molecule has 0 heterocycles. The summed E-state index contributed by atoms with van der Waals surface area (Å²) in [5.41, 5.74) is 4.78. The van der Waals surface area contributed by atoms with E-state index in [0.29, 0.717) is 0 Å². The first-order valence-corrected chi connectivity index (χ1v) is 2.98. The molecule has 0 aliphatic rings. The standard InChI is InChI=1S/C6H10N2O3/c1-4(5(9)10)2-3-8-6(7)11/h1-3H2,(H,9,10)(H3,7,8,11). The smallest absolute Gasteiger partial charge is 0.331 e. The fourth-order valence-electron chi connectivity index (χ4n) is 0.444. The normalized spacial score (nSPS) is 8.73. The molecule has 0 spiro atoms. The molecule has 0 aromatic heterocycles. The van der Waals surface area contributed by atoms with E-state index in [1.807, 2.05) is 0 Å². The molecule has 0 rings (SSSR count). The number of carboxylic acid groups (broad SMARTS) is 1. The van der Waals surface area contributed by atoms with Gasteiger partial charge in [-0.1, -0.05) is 6.58 Å². The van der Waals surface area contributed by atoms with Crippen molar-refractivity contribution in [2.75, 3.05) is 6.54 Å². The van der Waals surface area contributed by atoms with Gasteiger partial charge in [0.1, 0.15) is 0 Å². The molecule has 0 bridgehead atoms. The third-order valence-electron chi connectivity index (χ3n) is 1.03. The zero-order valence-electron chi connectivity index (χ0n) is 5.96. The highest BCUT2D eigenvalue weighted by Crippen LogP contribution is 1.94. The molecule has 0 saturated carbocycles. The summed E-state index contributed by atoms with van der Waals surface area (Å²) in [5.74, 6) is -1.06. The summed E-state index contributed by atoms with van der Waals surface area (Å²) in [6, 6.07) is -0.664. The van der Waals surface area contributed by atoms with Crippen molar-refractivity contribution in [3.05, 3.63) is 12.2 Å². The summed E-state index contributed by atoms with van der Waals surface area (Å²) in [4.78, 5) is 20.2. The maximum Gasteiger partial charge on any atom is 0.331 e. The van der Waals surface area contributed by atoms with Crippen LogP contribution >= 0.6 is 0 Å². The van der Waals surface area contributed by atoms with Gasteiger partial charge in [0.25, 0.3) is 0 Å². The van der Waals surface area contributed by atoms with Crippen LogP contribution in [-0.2, 0) is 4.79 Å².